The number of halogens is 3. The molecular weight excluding hydrogens is 844 g/mol. The Morgan fingerprint density at radius 2 is 1.21 bits per heavy atom. The summed E-state index contributed by atoms with van der Waals surface area (Å²) in [4.78, 5) is 23.8. The number of unbranched alkanes of at least 4 members (excludes halogenated alkanes) is 21. The number of carboxylic acid groups (broad SMARTS) is 1. The van der Waals surface area contributed by atoms with Crippen LogP contribution in [0.3, 0.4) is 0 Å². The molecule has 0 radical (unpaired) electrons. The van der Waals surface area contributed by atoms with E-state index < -0.39 is 12.3 Å². The summed E-state index contributed by atoms with van der Waals surface area (Å²) in [5.41, 5.74) is 1.35. The maximum absolute atomic E-state index is 12.4. The van der Waals surface area contributed by atoms with E-state index in [2.05, 4.69) is 62.7 Å². The number of aromatic carboxylic acids is 1. The summed E-state index contributed by atoms with van der Waals surface area (Å²) in [5, 5.41) is 19.4. The number of thiazole rings is 1. The molecule has 358 valence electrons. The fourth-order valence-corrected chi connectivity index (χ4v) is 8.24. The van der Waals surface area contributed by atoms with Crippen molar-refractivity contribution in [3.8, 4) is 5.75 Å². The van der Waals surface area contributed by atoms with Crippen molar-refractivity contribution >= 4 is 61.5 Å². The first kappa shape index (κ1) is 56.0. The molecule has 4 rings (SSSR count). The summed E-state index contributed by atoms with van der Waals surface area (Å²) in [7, 11) is 1.69. The van der Waals surface area contributed by atoms with Crippen LogP contribution in [0.5, 0.6) is 5.75 Å². The number of rotatable bonds is 33. The van der Waals surface area contributed by atoms with E-state index in [0.717, 1.165) is 17.2 Å². The van der Waals surface area contributed by atoms with Gasteiger partial charge >= 0.3 is 12.3 Å². The molecule has 0 aliphatic heterocycles. The molecule has 0 aliphatic carbocycles. The summed E-state index contributed by atoms with van der Waals surface area (Å²) in [6, 6.07) is 5.26. The molecule has 0 atom stereocenters. The molecule has 10 nitrogen and oxygen atoms in total. The van der Waals surface area contributed by atoms with Crippen molar-refractivity contribution in [3.63, 3.8) is 0 Å². The number of carboxylic acids is 1. The van der Waals surface area contributed by atoms with Gasteiger partial charge in [0.05, 0.1) is 15.8 Å². The van der Waals surface area contributed by atoms with Crippen LogP contribution >= 0.6 is 23.1 Å². The van der Waals surface area contributed by atoms with Gasteiger partial charge in [0, 0.05) is 25.2 Å². The Morgan fingerprint density at radius 1 is 0.714 bits per heavy atom. The van der Waals surface area contributed by atoms with Crippen molar-refractivity contribution in [2.75, 3.05) is 37.1 Å². The third-order valence-corrected chi connectivity index (χ3v) is 12.1. The quantitative estimate of drug-likeness (QED) is 0.0271. The maximum Gasteiger partial charge on any atom is 0.573 e. The Bertz CT molecular complexity index is 1730. The van der Waals surface area contributed by atoms with E-state index in [0.29, 0.717) is 32.5 Å². The molecule has 15 heteroatoms. The molecule has 0 saturated carbocycles. The third kappa shape index (κ3) is 26.4. The van der Waals surface area contributed by atoms with Crippen molar-refractivity contribution in [2.24, 2.45) is 7.05 Å². The monoisotopic (exact) mass is 924 g/mol. The Kier molecular flexibility index (Phi) is 31.3. The predicted octanol–water partition coefficient (Wildman–Crippen LogP) is 14.8. The van der Waals surface area contributed by atoms with Gasteiger partial charge in [-0.25, -0.2) is 19.7 Å². The first-order valence-electron chi connectivity index (χ1n) is 23.9. The molecule has 0 saturated heterocycles. The van der Waals surface area contributed by atoms with Gasteiger partial charge in [-0.1, -0.05) is 167 Å². The second kappa shape index (κ2) is 35.2. The van der Waals surface area contributed by atoms with Crippen LogP contribution in [0.15, 0.2) is 30.5 Å². The van der Waals surface area contributed by atoms with E-state index in [9.17, 15) is 18.0 Å². The Morgan fingerprint density at radius 3 is 1.68 bits per heavy atom. The van der Waals surface area contributed by atoms with Crippen molar-refractivity contribution in [2.45, 2.75) is 181 Å². The number of nitrogens with one attached hydrogen (secondary N) is 3. The number of benzene rings is 1. The lowest BCUT2D eigenvalue weighted by Crippen LogP contribution is -2.16. The van der Waals surface area contributed by atoms with Gasteiger partial charge < -0.3 is 25.8 Å². The molecule has 3 aromatic heterocycles. The highest BCUT2D eigenvalue weighted by molar-refractivity contribution is 7.98. The van der Waals surface area contributed by atoms with Crippen molar-refractivity contribution in [1.82, 2.24) is 30.2 Å². The van der Waals surface area contributed by atoms with E-state index in [-0.39, 0.29) is 11.3 Å². The highest BCUT2D eigenvalue weighted by atomic mass is 32.2. The number of nitrogens with zero attached hydrogens (tertiary/aromatic N) is 4. The van der Waals surface area contributed by atoms with Crippen LogP contribution in [-0.2, 0) is 7.05 Å². The molecule has 1 aromatic carbocycles. The lowest BCUT2D eigenvalue weighted by molar-refractivity contribution is -0.274. The van der Waals surface area contributed by atoms with Crippen LogP contribution in [0.1, 0.15) is 185 Å². The number of hydrogen-bond acceptors (Lipinski definition) is 10. The second-order valence-electron chi connectivity index (χ2n) is 16.3. The van der Waals surface area contributed by atoms with Crippen LogP contribution in [0.2, 0.25) is 0 Å². The first-order chi connectivity index (χ1) is 30.5. The zero-order valence-corrected chi connectivity index (χ0v) is 40.8. The van der Waals surface area contributed by atoms with Crippen LogP contribution in [0, 0.1) is 0 Å². The standard InChI is InChI=1S/C20H43N.C16H10F3N5O3S.C12H27NS/c1-3-5-7-9-11-13-15-17-19-21-20-18-16-14-12-10-8-6-4-2;1-24-12-10(4-7(6-20-12)13(25)26)21-14(24)23-15-22-9-3-2-8(5-11(9)28-15)27-16(17,18)19;1-3-4-5-6-7-8-9-10-11-13-12-14-2/h21H,3-20H2,1-2H3;2-6H,1H3,(H,25,26)(H,21,22,23);13H,3-12H2,1-2H3. The number of thioether (sulfide) groups is 1. The molecule has 3 heterocycles. The van der Waals surface area contributed by atoms with Crippen molar-refractivity contribution in [1.29, 1.82) is 0 Å². The SMILES string of the molecule is CCCCCCCCCCNCCCCCCCCCC.CCCCCCCCCCNCSC.Cn1c(Nc2nc3ccc(OC(F)(F)F)cc3s2)nc2cc(C(=O)O)cnc21. The summed E-state index contributed by atoms with van der Waals surface area (Å²) < 4.78 is 43.1. The topological polar surface area (TPSA) is 126 Å². The third-order valence-electron chi connectivity index (χ3n) is 10.6. The van der Waals surface area contributed by atoms with Gasteiger partial charge in [-0.05, 0) is 63.4 Å². The second-order valence-corrected chi connectivity index (χ2v) is 18.2. The molecule has 0 bridgehead atoms. The van der Waals surface area contributed by atoms with E-state index in [4.69, 9.17) is 5.11 Å². The number of pyridine rings is 1. The Balaban J connectivity index is 0.000000347. The van der Waals surface area contributed by atoms with Crippen molar-refractivity contribution < 1.29 is 27.8 Å². The number of ether oxygens (including phenoxy) is 1. The van der Waals surface area contributed by atoms with Gasteiger partial charge in [-0.15, -0.1) is 24.9 Å². The highest BCUT2D eigenvalue weighted by Gasteiger charge is 2.31. The summed E-state index contributed by atoms with van der Waals surface area (Å²) in [5.74, 6) is 0.0213. The molecule has 0 amide bonds. The van der Waals surface area contributed by atoms with E-state index in [1.54, 1.807) is 11.6 Å². The number of imidazole rings is 1. The number of alkyl halides is 3. The van der Waals surface area contributed by atoms with Gasteiger partial charge in [0.25, 0.3) is 0 Å². The number of aromatic nitrogens is 4. The average molecular weight is 924 g/mol. The fourth-order valence-electron chi connectivity index (χ4n) is 7.01. The lowest BCUT2D eigenvalue weighted by atomic mass is 10.1. The molecule has 0 unspecified atom stereocenters. The van der Waals surface area contributed by atoms with Crippen LogP contribution in [0.25, 0.3) is 21.4 Å². The van der Waals surface area contributed by atoms with E-state index in [1.807, 2.05) is 11.8 Å². The zero-order valence-electron chi connectivity index (χ0n) is 39.2. The number of hydrogen-bond donors (Lipinski definition) is 4. The normalized spacial score (nSPS) is 11.4. The molecule has 4 N–H and O–H groups in total. The van der Waals surface area contributed by atoms with Crippen LogP contribution < -0.4 is 20.7 Å². The van der Waals surface area contributed by atoms with Gasteiger partial charge in [-0.2, -0.15) is 0 Å². The lowest BCUT2D eigenvalue weighted by Gasteiger charge is -2.07. The van der Waals surface area contributed by atoms with Gasteiger partial charge in [0.2, 0.25) is 5.95 Å². The Hall–Kier alpha value is -3.14. The molecule has 0 aliphatic rings. The van der Waals surface area contributed by atoms with Crippen LogP contribution in [-0.4, -0.2) is 68.7 Å². The molecule has 0 spiro atoms. The predicted molar refractivity (Wildman–Crippen MR) is 262 cm³/mol. The highest BCUT2D eigenvalue weighted by Crippen LogP contribution is 2.33. The molecule has 63 heavy (non-hydrogen) atoms. The van der Waals surface area contributed by atoms with E-state index >= 15 is 0 Å². The summed E-state index contributed by atoms with van der Waals surface area (Å²) >= 11 is 2.99. The first-order valence-corrected chi connectivity index (χ1v) is 26.1. The van der Waals surface area contributed by atoms with Gasteiger partial charge in [-0.3, -0.25) is 4.57 Å². The maximum atomic E-state index is 12.4. The van der Waals surface area contributed by atoms with Gasteiger partial charge in [0.1, 0.15) is 11.3 Å². The molecule has 0 fully saturated rings. The largest absolute Gasteiger partial charge is 0.573 e. The smallest absolute Gasteiger partial charge is 0.478 e. The summed E-state index contributed by atoms with van der Waals surface area (Å²) in [6.45, 7) is 10.5. The fraction of sp³-hybridized carbons (Fsp3) is 0.708. The number of aryl methyl sites for hydroxylation is 1. The minimum absolute atomic E-state index is 0.00864. The van der Waals surface area contributed by atoms with Gasteiger partial charge in [0.15, 0.2) is 10.8 Å². The summed E-state index contributed by atoms with van der Waals surface area (Å²) in [6.07, 6.45) is 32.8. The number of carbonyl (C=O) groups is 1. The molecule has 4 aromatic rings. The Labute approximate surface area is 385 Å². The minimum Gasteiger partial charge on any atom is -0.478 e. The van der Waals surface area contributed by atoms with E-state index in [1.165, 1.54) is 204 Å². The minimum atomic E-state index is -4.77. The number of fused-ring (bicyclic) bond motifs is 2. The van der Waals surface area contributed by atoms with Crippen molar-refractivity contribution in [3.05, 3.63) is 36.0 Å². The average Bonchev–Trinajstić information content (AvgIpc) is 3.80. The molecular formula is C48H80F3N7O3S2. The zero-order chi connectivity index (χ0) is 46.0. The van der Waals surface area contributed by atoms with Crippen LogP contribution in [0.4, 0.5) is 24.3 Å². The number of anilines is 2.